The zero-order chi connectivity index (χ0) is 13.7. The van der Waals surface area contributed by atoms with Crippen molar-refractivity contribution >= 4 is 10.9 Å². The molecule has 2 nitrogen and oxygen atoms in total. The lowest BCUT2D eigenvalue weighted by Gasteiger charge is -2.04. The molecular weight excluding hydrogens is 234 g/mol. The summed E-state index contributed by atoms with van der Waals surface area (Å²) in [5.74, 6) is 0. The molecule has 0 radical (unpaired) electrons. The van der Waals surface area contributed by atoms with Crippen molar-refractivity contribution in [1.29, 1.82) is 0 Å². The predicted molar refractivity (Wildman–Crippen MR) is 81.1 cm³/mol. The van der Waals surface area contributed by atoms with Crippen molar-refractivity contribution in [2.24, 2.45) is 7.05 Å². The third-order valence-electron chi connectivity index (χ3n) is 3.35. The monoisotopic (exact) mass is 255 g/mol. The fraction of sp³-hybridized carbons (Fsp3) is 0.294. The Bertz CT molecular complexity index is 605. The smallest absolute Gasteiger partial charge is 0.0872 e. The van der Waals surface area contributed by atoms with Crippen LogP contribution in [0, 0.1) is 0 Å². The van der Waals surface area contributed by atoms with Crippen LogP contribution in [-0.2, 0) is 18.4 Å². The third-order valence-corrected chi connectivity index (χ3v) is 3.35. The average molecular weight is 255 g/mol. The van der Waals surface area contributed by atoms with E-state index >= 15 is 0 Å². The largest absolute Gasteiger partial charge is 0.371 e. The molecule has 0 atom stereocenters. The Hall–Kier alpha value is -1.80. The van der Waals surface area contributed by atoms with E-state index in [-0.39, 0.29) is 0 Å². The van der Waals surface area contributed by atoms with E-state index in [1.54, 1.807) is 0 Å². The Kier molecular flexibility index (Phi) is 4.58. The maximum absolute atomic E-state index is 5.69. The molecule has 0 aliphatic heterocycles. The molecule has 0 unspecified atom stereocenters. The highest BCUT2D eigenvalue weighted by atomic mass is 16.5. The lowest BCUT2D eigenvalue weighted by atomic mass is 10.2. The summed E-state index contributed by atoms with van der Waals surface area (Å²) in [5, 5.41) is 1.27. The van der Waals surface area contributed by atoms with Gasteiger partial charge in [0.2, 0.25) is 0 Å². The molecule has 1 heterocycles. The number of benzene rings is 1. The SMILES string of the molecule is C/C=C(C)\C=C/COCc1cc2ccccc2n1C. The number of para-hydroxylation sites is 1. The van der Waals surface area contributed by atoms with Crippen LogP contribution in [0.3, 0.4) is 0 Å². The Balaban J connectivity index is 1.95. The molecule has 2 aromatic rings. The highest BCUT2D eigenvalue weighted by molar-refractivity contribution is 5.81. The highest BCUT2D eigenvalue weighted by Gasteiger charge is 2.04. The second-order valence-electron chi connectivity index (χ2n) is 4.70. The first-order valence-corrected chi connectivity index (χ1v) is 6.63. The summed E-state index contributed by atoms with van der Waals surface area (Å²) in [4.78, 5) is 0. The number of aryl methyl sites for hydroxylation is 1. The number of allylic oxidation sites excluding steroid dienone is 3. The molecule has 2 rings (SSSR count). The van der Waals surface area contributed by atoms with Gasteiger partial charge in [-0.1, -0.05) is 42.0 Å². The number of ether oxygens (including phenoxy) is 1. The standard InChI is InChI=1S/C17H21NO/c1-4-14(2)8-7-11-19-13-16-12-15-9-5-6-10-17(15)18(16)3/h4-10,12H,11,13H2,1-3H3/b8-7-,14-4-. The van der Waals surface area contributed by atoms with Crippen molar-refractivity contribution in [2.75, 3.05) is 6.61 Å². The van der Waals surface area contributed by atoms with Gasteiger partial charge in [-0.05, 0) is 31.4 Å². The van der Waals surface area contributed by atoms with E-state index in [0.717, 1.165) is 0 Å². The summed E-state index contributed by atoms with van der Waals surface area (Å²) in [6.45, 7) is 5.41. The van der Waals surface area contributed by atoms with Gasteiger partial charge in [-0.25, -0.2) is 0 Å². The lowest BCUT2D eigenvalue weighted by Crippen LogP contribution is -1.99. The Morgan fingerprint density at radius 1 is 1.32 bits per heavy atom. The van der Waals surface area contributed by atoms with Gasteiger partial charge in [-0.15, -0.1) is 0 Å². The molecule has 0 N–H and O–H groups in total. The summed E-state index contributed by atoms with van der Waals surface area (Å²) < 4.78 is 7.88. The average Bonchev–Trinajstić information content (AvgIpc) is 2.75. The van der Waals surface area contributed by atoms with E-state index < -0.39 is 0 Å². The molecule has 0 aliphatic rings. The summed E-state index contributed by atoms with van der Waals surface area (Å²) >= 11 is 0. The van der Waals surface area contributed by atoms with Gasteiger partial charge < -0.3 is 9.30 Å². The van der Waals surface area contributed by atoms with Crippen molar-refractivity contribution in [3.05, 3.63) is 59.8 Å². The van der Waals surface area contributed by atoms with Crippen molar-refractivity contribution in [3.8, 4) is 0 Å². The van der Waals surface area contributed by atoms with Crippen LogP contribution in [0.1, 0.15) is 19.5 Å². The summed E-state index contributed by atoms with van der Waals surface area (Å²) in [6, 6.07) is 10.6. The van der Waals surface area contributed by atoms with E-state index in [9.17, 15) is 0 Å². The number of hydrogen-bond acceptors (Lipinski definition) is 1. The first kappa shape index (κ1) is 13.6. The van der Waals surface area contributed by atoms with Crippen LogP contribution >= 0.6 is 0 Å². The molecule has 0 bridgehead atoms. The van der Waals surface area contributed by atoms with E-state index in [2.05, 4.69) is 67.1 Å². The van der Waals surface area contributed by atoms with Gasteiger partial charge >= 0.3 is 0 Å². The minimum atomic E-state index is 0.643. The van der Waals surface area contributed by atoms with Crippen LogP contribution in [0.25, 0.3) is 10.9 Å². The van der Waals surface area contributed by atoms with Gasteiger partial charge in [0.1, 0.15) is 0 Å². The molecule has 0 spiro atoms. The van der Waals surface area contributed by atoms with E-state index in [1.165, 1.54) is 22.2 Å². The van der Waals surface area contributed by atoms with Crippen LogP contribution in [0.15, 0.2) is 54.1 Å². The van der Waals surface area contributed by atoms with Crippen molar-refractivity contribution in [1.82, 2.24) is 4.57 Å². The van der Waals surface area contributed by atoms with Gasteiger partial charge in [-0.2, -0.15) is 0 Å². The molecule has 100 valence electrons. The first-order chi connectivity index (χ1) is 9.22. The van der Waals surface area contributed by atoms with Crippen molar-refractivity contribution in [3.63, 3.8) is 0 Å². The Morgan fingerprint density at radius 3 is 2.84 bits per heavy atom. The summed E-state index contributed by atoms with van der Waals surface area (Å²) in [5.41, 5.74) is 3.71. The summed E-state index contributed by atoms with van der Waals surface area (Å²) in [6.07, 6.45) is 6.22. The minimum absolute atomic E-state index is 0.643. The molecule has 19 heavy (non-hydrogen) atoms. The fourth-order valence-electron chi connectivity index (χ4n) is 2.05. The van der Waals surface area contributed by atoms with Crippen LogP contribution in [-0.4, -0.2) is 11.2 Å². The van der Waals surface area contributed by atoms with Crippen molar-refractivity contribution < 1.29 is 4.74 Å². The van der Waals surface area contributed by atoms with Crippen LogP contribution in [0.5, 0.6) is 0 Å². The molecule has 0 amide bonds. The molecule has 2 heteroatoms. The molecule has 0 saturated carbocycles. The third kappa shape index (κ3) is 3.36. The lowest BCUT2D eigenvalue weighted by molar-refractivity contribution is 0.144. The molecule has 1 aromatic carbocycles. The number of rotatable bonds is 5. The minimum Gasteiger partial charge on any atom is -0.371 e. The summed E-state index contributed by atoms with van der Waals surface area (Å²) in [7, 11) is 2.08. The van der Waals surface area contributed by atoms with Gasteiger partial charge in [0.05, 0.1) is 13.2 Å². The van der Waals surface area contributed by atoms with E-state index in [1.807, 2.05) is 6.92 Å². The van der Waals surface area contributed by atoms with Crippen molar-refractivity contribution in [2.45, 2.75) is 20.5 Å². The van der Waals surface area contributed by atoms with Crippen LogP contribution in [0.4, 0.5) is 0 Å². The number of fused-ring (bicyclic) bond motifs is 1. The Morgan fingerprint density at radius 2 is 2.11 bits per heavy atom. The molecular formula is C17H21NO. The number of aromatic nitrogens is 1. The topological polar surface area (TPSA) is 14.2 Å². The molecule has 0 saturated heterocycles. The quantitative estimate of drug-likeness (QED) is 0.576. The van der Waals surface area contributed by atoms with Gasteiger partial charge in [0.15, 0.2) is 0 Å². The second kappa shape index (κ2) is 6.39. The molecule has 0 fully saturated rings. The molecule has 1 aromatic heterocycles. The van der Waals surface area contributed by atoms with Gasteiger partial charge in [0.25, 0.3) is 0 Å². The number of nitrogens with zero attached hydrogens (tertiary/aromatic N) is 1. The van der Waals surface area contributed by atoms with E-state index in [4.69, 9.17) is 4.74 Å². The van der Waals surface area contributed by atoms with Gasteiger partial charge in [0, 0.05) is 18.3 Å². The van der Waals surface area contributed by atoms with Crippen LogP contribution < -0.4 is 0 Å². The van der Waals surface area contributed by atoms with E-state index in [0.29, 0.717) is 13.2 Å². The first-order valence-electron chi connectivity index (χ1n) is 6.63. The van der Waals surface area contributed by atoms with Crippen LogP contribution in [0.2, 0.25) is 0 Å². The van der Waals surface area contributed by atoms with Gasteiger partial charge in [-0.3, -0.25) is 0 Å². The molecule has 0 aliphatic carbocycles. The zero-order valence-electron chi connectivity index (χ0n) is 11.9. The fourth-order valence-corrected chi connectivity index (χ4v) is 2.05. The zero-order valence-corrected chi connectivity index (χ0v) is 11.9. The highest BCUT2D eigenvalue weighted by Crippen LogP contribution is 2.18. The maximum Gasteiger partial charge on any atom is 0.0872 e. The Labute approximate surface area is 115 Å². The predicted octanol–water partition coefficient (Wildman–Crippen LogP) is 4.22. The number of hydrogen-bond donors (Lipinski definition) is 0. The normalized spacial score (nSPS) is 12.7. The second-order valence-corrected chi connectivity index (χ2v) is 4.70. The maximum atomic E-state index is 5.69.